The van der Waals surface area contributed by atoms with Gasteiger partial charge in [0.15, 0.2) is 0 Å². The van der Waals surface area contributed by atoms with E-state index >= 15 is 0 Å². The Kier molecular flexibility index (Phi) is 3.46. The number of nitrogens with two attached hydrogens (primary N) is 1. The van der Waals surface area contributed by atoms with Gasteiger partial charge < -0.3 is 10.6 Å². The van der Waals surface area contributed by atoms with Crippen LogP contribution in [0.2, 0.25) is 0 Å². The summed E-state index contributed by atoms with van der Waals surface area (Å²) in [6.07, 6.45) is 2.22. The number of halogens is 1. The van der Waals surface area contributed by atoms with Crippen molar-refractivity contribution in [3.05, 3.63) is 39.6 Å². The highest BCUT2D eigenvalue weighted by atomic mass is 79.9. The Morgan fingerprint density at radius 2 is 2.20 bits per heavy atom. The molecule has 0 bridgehead atoms. The summed E-state index contributed by atoms with van der Waals surface area (Å²) in [7, 11) is 2.00. The van der Waals surface area contributed by atoms with Crippen molar-refractivity contribution >= 4 is 27.3 Å². The normalized spacial score (nSPS) is 14.4. The molecule has 20 heavy (non-hydrogen) atoms. The van der Waals surface area contributed by atoms with Crippen LogP contribution in [0.25, 0.3) is 0 Å². The molecule has 1 aromatic heterocycles. The van der Waals surface area contributed by atoms with E-state index in [0.29, 0.717) is 0 Å². The number of nitrogen functional groups attached to an aromatic ring is 1. The molecule has 0 atom stereocenters. The lowest BCUT2D eigenvalue weighted by Crippen LogP contribution is -2.30. The number of fused-ring (bicyclic) bond motifs is 1. The van der Waals surface area contributed by atoms with E-state index in [-0.39, 0.29) is 0 Å². The molecule has 0 aliphatic carbocycles. The maximum atomic E-state index is 6.11. The summed E-state index contributed by atoms with van der Waals surface area (Å²) in [5.74, 6) is 0. The van der Waals surface area contributed by atoms with Gasteiger partial charge in [-0.1, -0.05) is 6.07 Å². The second-order valence-corrected chi connectivity index (χ2v) is 6.13. The smallest absolute Gasteiger partial charge is 0.0739 e. The van der Waals surface area contributed by atoms with E-state index in [4.69, 9.17) is 5.73 Å². The van der Waals surface area contributed by atoms with Crippen LogP contribution in [0.15, 0.2) is 22.7 Å². The number of nitrogens with zero attached hydrogens (tertiary/aromatic N) is 3. The van der Waals surface area contributed by atoms with Crippen LogP contribution < -0.4 is 10.6 Å². The average Bonchev–Trinajstić information content (AvgIpc) is 2.66. The Labute approximate surface area is 127 Å². The maximum absolute atomic E-state index is 6.11. The molecule has 1 aliphatic rings. The van der Waals surface area contributed by atoms with Gasteiger partial charge in [-0.15, -0.1) is 0 Å². The molecule has 0 saturated heterocycles. The molecule has 0 amide bonds. The summed E-state index contributed by atoms with van der Waals surface area (Å²) in [5, 5.41) is 4.47. The molecule has 5 heteroatoms. The number of hydrogen-bond donors (Lipinski definition) is 1. The SMILES string of the molecule is Cc1nn(C)c(CN2CCCc3c(N)cccc32)c1Br. The van der Waals surface area contributed by atoms with Gasteiger partial charge in [0.25, 0.3) is 0 Å². The number of anilines is 2. The van der Waals surface area contributed by atoms with Gasteiger partial charge in [0.1, 0.15) is 0 Å². The van der Waals surface area contributed by atoms with E-state index in [0.717, 1.165) is 41.8 Å². The highest BCUT2D eigenvalue weighted by Gasteiger charge is 2.21. The topological polar surface area (TPSA) is 47.1 Å². The van der Waals surface area contributed by atoms with Crippen molar-refractivity contribution in [2.45, 2.75) is 26.3 Å². The van der Waals surface area contributed by atoms with Crippen LogP contribution in [0.3, 0.4) is 0 Å². The molecular formula is C15H19BrN4. The third-order valence-corrected chi connectivity index (χ3v) is 5.02. The molecule has 0 radical (unpaired) electrons. The van der Waals surface area contributed by atoms with Gasteiger partial charge in [0.2, 0.25) is 0 Å². The fraction of sp³-hybridized carbons (Fsp3) is 0.400. The van der Waals surface area contributed by atoms with E-state index in [9.17, 15) is 0 Å². The van der Waals surface area contributed by atoms with Crippen LogP contribution in [0.5, 0.6) is 0 Å². The highest BCUT2D eigenvalue weighted by Crippen LogP contribution is 2.33. The third-order valence-electron chi connectivity index (χ3n) is 3.99. The molecule has 0 spiro atoms. The summed E-state index contributed by atoms with van der Waals surface area (Å²) < 4.78 is 3.07. The molecule has 3 rings (SSSR count). The summed E-state index contributed by atoms with van der Waals surface area (Å²) >= 11 is 3.65. The summed E-state index contributed by atoms with van der Waals surface area (Å²) in [6, 6.07) is 6.20. The third kappa shape index (κ3) is 2.20. The lowest BCUT2D eigenvalue weighted by atomic mass is 10.00. The first kappa shape index (κ1) is 13.5. The molecule has 2 aromatic rings. The molecule has 1 aromatic carbocycles. The van der Waals surface area contributed by atoms with E-state index in [1.54, 1.807) is 0 Å². The second-order valence-electron chi connectivity index (χ2n) is 5.34. The number of rotatable bonds is 2. The zero-order valence-electron chi connectivity index (χ0n) is 11.9. The summed E-state index contributed by atoms with van der Waals surface area (Å²) in [4.78, 5) is 2.40. The standard InChI is InChI=1S/C15H19BrN4/c1-10-15(16)14(19(2)18-10)9-20-8-4-5-11-12(17)6-3-7-13(11)20/h3,6-7H,4-5,8-9,17H2,1-2H3. The van der Waals surface area contributed by atoms with E-state index in [1.165, 1.54) is 16.9 Å². The molecule has 1 aliphatic heterocycles. The highest BCUT2D eigenvalue weighted by molar-refractivity contribution is 9.10. The number of hydrogen-bond acceptors (Lipinski definition) is 3. The predicted molar refractivity (Wildman–Crippen MR) is 85.9 cm³/mol. The Morgan fingerprint density at radius 1 is 1.40 bits per heavy atom. The lowest BCUT2D eigenvalue weighted by Gasteiger charge is -2.32. The van der Waals surface area contributed by atoms with Gasteiger partial charge in [-0.2, -0.15) is 5.10 Å². The number of aromatic nitrogens is 2. The average molecular weight is 335 g/mol. The Morgan fingerprint density at radius 3 is 2.90 bits per heavy atom. The number of aryl methyl sites for hydroxylation is 2. The van der Waals surface area contributed by atoms with Crippen molar-refractivity contribution in [2.75, 3.05) is 17.2 Å². The predicted octanol–water partition coefficient (Wildman–Crippen LogP) is 3.03. The molecule has 2 heterocycles. The summed E-state index contributed by atoms with van der Waals surface area (Å²) in [5.41, 5.74) is 11.8. The van der Waals surface area contributed by atoms with Crippen molar-refractivity contribution < 1.29 is 0 Å². The van der Waals surface area contributed by atoms with Crippen LogP contribution >= 0.6 is 15.9 Å². The Bertz CT molecular complexity index is 648. The number of benzene rings is 1. The monoisotopic (exact) mass is 334 g/mol. The second kappa shape index (κ2) is 5.13. The van der Waals surface area contributed by atoms with Gasteiger partial charge in [0, 0.05) is 25.0 Å². The molecule has 0 unspecified atom stereocenters. The molecule has 4 nitrogen and oxygen atoms in total. The van der Waals surface area contributed by atoms with E-state index < -0.39 is 0 Å². The van der Waals surface area contributed by atoms with Gasteiger partial charge in [-0.05, 0) is 53.4 Å². The minimum atomic E-state index is 0.856. The lowest BCUT2D eigenvalue weighted by molar-refractivity contribution is 0.642. The summed E-state index contributed by atoms with van der Waals surface area (Å²) in [6.45, 7) is 3.94. The molecule has 0 saturated carbocycles. The molecule has 0 fully saturated rings. The van der Waals surface area contributed by atoms with Crippen LogP contribution in [0, 0.1) is 6.92 Å². The first-order valence-corrected chi connectivity index (χ1v) is 7.67. The van der Waals surface area contributed by atoms with Crippen LogP contribution in [0.1, 0.15) is 23.4 Å². The first-order valence-electron chi connectivity index (χ1n) is 6.88. The largest absolute Gasteiger partial charge is 0.398 e. The quantitative estimate of drug-likeness (QED) is 0.858. The fourth-order valence-corrected chi connectivity index (χ4v) is 3.39. The maximum Gasteiger partial charge on any atom is 0.0739 e. The molecular weight excluding hydrogens is 316 g/mol. The van der Waals surface area contributed by atoms with Crippen molar-refractivity contribution in [2.24, 2.45) is 7.05 Å². The van der Waals surface area contributed by atoms with E-state index in [2.05, 4.69) is 32.0 Å². The fourth-order valence-electron chi connectivity index (χ4n) is 2.92. The van der Waals surface area contributed by atoms with Crippen LogP contribution in [0.4, 0.5) is 11.4 Å². The van der Waals surface area contributed by atoms with Gasteiger partial charge in [-0.25, -0.2) is 0 Å². The zero-order valence-corrected chi connectivity index (χ0v) is 13.4. The van der Waals surface area contributed by atoms with Crippen LogP contribution in [-0.4, -0.2) is 16.3 Å². The van der Waals surface area contributed by atoms with Crippen molar-refractivity contribution in [1.29, 1.82) is 0 Å². The first-order chi connectivity index (χ1) is 9.58. The van der Waals surface area contributed by atoms with E-state index in [1.807, 2.05) is 30.8 Å². The van der Waals surface area contributed by atoms with Crippen molar-refractivity contribution in [3.63, 3.8) is 0 Å². The van der Waals surface area contributed by atoms with Crippen molar-refractivity contribution in [3.8, 4) is 0 Å². The zero-order chi connectivity index (χ0) is 14.3. The minimum Gasteiger partial charge on any atom is -0.398 e. The molecule has 2 N–H and O–H groups in total. The van der Waals surface area contributed by atoms with Crippen LogP contribution in [-0.2, 0) is 20.0 Å². The minimum absolute atomic E-state index is 0.856. The Hall–Kier alpha value is -1.49. The molecule has 106 valence electrons. The van der Waals surface area contributed by atoms with Gasteiger partial charge >= 0.3 is 0 Å². The Balaban J connectivity index is 1.96. The van der Waals surface area contributed by atoms with Gasteiger partial charge in [0.05, 0.1) is 22.4 Å². The van der Waals surface area contributed by atoms with Crippen molar-refractivity contribution in [1.82, 2.24) is 9.78 Å². The van der Waals surface area contributed by atoms with Gasteiger partial charge in [-0.3, -0.25) is 4.68 Å².